The van der Waals surface area contributed by atoms with Gasteiger partial charge >= 0.3 is 0 Å². The molecular weight excluding hydrogens is 324 g/mol. The van der Waals surface area contributed by atoms with E-state index in [1.807, 2.05) is 11.8 Å². The van der Waals surface area contributed by atoms with E-state index >= 15 is 0 Å². The lowest BCUT2D eigenvalue weighted by Crippen LogP contribution is -2.41. The number of thiophene rings is 1. The minimum absolute atomic E-state index is 0.200. The fraction of sp³-hybridized carbons (Fsp3) is 0.647. The fourth-order valence-corrected chi connectivity index (χ4v) is 3.54. The van der Waals surface area contributed by atoms with Crippen molar-refractivity contribution in [2.24, 2.45) is 4.99 Å². The van der Waals surface area contributed by atoms with Gasteiger partial charge in [-0.1, -0.05) is 0 Å². The number of fused-ring (bicyclic) bond motifs is 1. The van der Waals surface area contributed by atoms with Gasteiger partial charge in [-0.2, -0.15) is 0 Å². The zero-order chi connectivity index (χ0) is 17.2. The number of aliphatic imine (C=N–C) groups is 1. The van der Waals surface area contributed by atoms with Crippen LogP contribution in [0.2, 0.25) is 0 Å². The van der Waals surface area contributed by atoms with Crippen molar-refractivity contribution in [2.45, 2.75) is 32.7 Å². The van der Waals surface area contributed by atoms with Crippen molar-refractivity contribution in [2.75, 3.05) is 39.9 Å². The number of amides is 1. The molecule has 7 heteroatoms. The second-order valence-corrected chi connectivity index (χ2v) is 6.66. The fourth-order valence-electron chi connectivity index (χ4n) is 2.65. The maximum absolute atomic E-state index is 12.3. The van der Waals surface area contributed by atoms with Crippen molar-refractivity contribution in [3.05, 3.63) is 21.9 Å². The molecule has 1 amide bonds. The molecule has 1 aliphatic rings. The van der Waals surface area contributed by atoms with Crippen LogP contribution in [0.3, 0.4) is 0 Å². The Bertz CT molecular complexity index is 544. The lowest BCUT2D eigenvalue weighted by molar-refractivity contribution is -0.131. The lowest BCUT2D eigenvalue weighted by Gasteiger charge is -2.27. The first kappa shape index (κ1) is 18.7. The summed E-state index contributed by atoms with van der Waals surface area (Å²) in [4.78, 5) is 19.9. The smallest absolute Gasteiger partial charge is 0.224 e. The quantitative estimate of drug-likeness (QED) is 0.424. The third kappa shape index (κ3) is 5.79. The van der Waals surface area contributed by atoms with Crippen LogP contribution in [0.1, 0.15) is 30.2 Å². The van der Waals surface area contributed by atoms with Crippen molar-refractivity contribution in [1.29, 1.82) is 0 Å². The summed E-state index contributed by atoms with van der Waals surface area (Å²) in [6.45, 7) is 6.47. The molecule has 134 valence electrons. The van der Waals surface area contributed by atoms with Gasteiger partial charge in [0.2, 0.25) is 5.91 Å². The Kier molecular flexibility index (Phi) is 8.04. The van der Waals surface area contributed by atoms with E-state index in [0.717, 1.165) is 51.6 Å². The molecule has 1 aliphatic heterocycles. The largest absolute Gasteiger partial charge is 0.382 e. The number of hydrogen-bond acceptors (Lipinski definition) is 4. The van der Waals surface area contributed by atoms with Crippen molar-refractivity contribution < 1.29 is 9.53 Å². The molecule has 0 fully saturated rings. The van der Waals surface area contributed by atoms with Crippen LogP contribution in [0.25, 0.3) is 0 Å². The van der Waals surface area contributed by atoms with Gasteiger partial charge in [-0.25, -0.2) is 0 Å². The summed E-state index contributed by atoms with van der Waals surface area (Å²) in [5.41, 5.74) is 1.30. The molecule has 0 saturated carbocycles. The van der Waals surface area contributed by atoms with Gasteiger partial charge in [-0.3, -0.25) is 9.79 Å². The molecule has 0 aliphatic carbocycles. The van der Waals surface area contributed by atoms with E-state index in [2.05, 4.69) is 27.1 Å². The molecule has 24 heavy (non-hydrogen) atoms. The summed E-state index contributed by atoms with van der Waals surface area (Å²) in [7, 11) is 1.74. The predicted octanol–water partition coefficient (Wildman–Crippen LogP) is 1.61. The number of nitrogens with one attached hydrogen (secondary N) is 2. The van der Waals surface area contributed by atoms with Gasteiger partial charge < -0.3 is 20.3 Å². The van der Waals surface area contributed by atoms with E-state index in [-0.39, 0.29) is 5.91 Å². The molecule has 0 unspecified atom stereocenters. The average Bonchev–Trinajstić information content (AvgIpc) is 3.07. The lowest BCUT2D eigenvalue weighted by atomic mass is 10.1. The van der Waals surface area contributed by atoms with Gasteiger partial charge in [0.1, 0.15) is 0 Å². The Morgan fingerprint density at radius 3 is 3.04 bits per heavy atom. The van der Waals surface area contributed by atoms with Gasteiger partial charge in [0.05, 0.1) is 0 Å². The molecule has 2 heterocycles. The molecule has 0 radical (unpaired) electrons. The Morgan fingerprint density at radius 2 is 2.25 bits per heavy atom. The molecule has 0 spiro atoms. The molecule has 0 aromatic carbocycles. The molecule has 2 N–H and O–H groups in total. The predicted molar refractivity (Wildman–Crippen MR) is 98.5 cm³/mol. The van der Waals surface area contributed by atoms with E-state index < -0.39 is 0 Å². The topological polar surface area (TPSA) is 66.0 Å². The number of carbonyl (C=O) groups excluding carboxylic acids is 1. The van der Waals surface area contributed by atoms with E-state index in [1.54, 1.807) is 18.4 Å². The van der Waals surface area contributed by atoms with Crippen LogP contribution in [0.15, 0.2) is 16.4 Å². The monoisotopic (exact) mass is 352 g/mol. The van der Waals surface area contributed by atoms with Gasteiger partial charge in [0.25, 0.3) is 0 Å². The van der Waals surface area contributed by atoms with Crippen LogP contribution in [0.4, 0.5) is 0 Å². The van der Waals surface area contributed by atoms with Crippen LogP contribution in [0, 0.1) is 0 Å². The van der Waals surface area contributed by atoms with Crippen LogP contribution in [-0.4, -0.2) is 56.7 Å². The van der Waals surface area contributed by atoms with Crippen molar-refractivity contribution in [3.8, 4) is 0 Å². The standard InChI is InChI=1S/C17H28N4O2S/c1-3-23-11-4-8-19-17(18-2)20-9-5-16(22)21-10-6-15-14(13-21)7-12-24-15/h7,12H,3-6,8-11,13H2,1-2H3,(H2,18,19,20). The average molecular weight is 353 g/mol. The molecule has 2 rings (SSSR count). The summed E-state index contributed by atoms with van der Waals surface area (Å²) in [5.74, 6) is 0.934. The zero-order valence-corrected chi connectivity index (χ0v) is 15.5. The number of nitrogens with zero attached hydrogens (tertiary/aromatic N) is 2. The molecule has 0 bridgehead atoms. The first-order valence-corrected chi connectivity index (χ1v) is 9.47. The maximum Gasteiger partial charge on any atom is 0.224 e. The van der Waals surface area contributed by atoms with E-state index in [4.69, 9.17) is 4.74 Å². The summed E-state index contributed by atoms with van der Waals surface area (Å²) in [6.07, 6.45) is 2.40. The van der Waals surface area contributed by atoms with Gasteiger partial charge in [-0.15, -0.1) is 11.3 Å². The van der Waals surface area contributed by atoms with Gasteiger partial charge in [-0.05, 0) is 36.8 Å². The van der Waals surface area contributed by atoms with Gasteiger partial charge in [0.15, 0.2) is 5.96 Å². The molecule has 1 aromatic heterocycles. The molecule has 0 saturated heterocycles. The van der Waals surface area contributed by atoms with E-state index in [0.29, 0.717) is 13.0 Å². The second kappa shape index (κ2) is 10.3. The van der Waals surface area contributed by atoms with Crippen LogP contribution in [-0.2, 0) is 22.5 Å². The van der Waals surface area contributed by atoms with Crippen molar-refractivity contribution >= 4 is 23.2 Å². The normalized spacial score (nSPS) is 14.4. The summed E-state index contributed by atoms with van der Waals surface area (Å²) >= 11 is 1.79. The number of ether oxygens (including phenoxy) is 1. The highest BCUT2D eigenvalue weighted by Crippen LogP contribution is 2.24. The molecule has 0 atom stereocenters. The summed E-state index contributed by atoms with van der Waals surface area (Å²) < 4.78 is 5.30. The van der Waals surface area contributed by atoms with E-state index in [1.165, 1.54) is 10.4 Å². The highest BCUT2D eigenvalue weighted by molar-refractivity contribution is 7.10. The van der Waals surface area contributed by atoms with Crippen LogP contribution in [0.5, 0.6) is 0 Å². The third-order valence-electron chi connectivity index (χ3n) is 3.98. The Labute approximate surface area is 148 Å². The second-order valence-electron chi connectivity index (χ2n) is 5.66. The van der Waals surface area contributed by atoms with E-state index in [9.17, 15) is 4.79 Å². The first-order valence-electron chi connectivity index (χ1n) is 8.60. The number of hydrogen-bond donors (Lipinski definition) is 2. The van der Waals surface area contributed by atoms with Gasteiger partial charge in [0, 0.05) is 57.7 Å². The highest BCUT2D eigenvalue weighted by Gasteiger charge is 2.20. The van der Waals surface area contributed by atoms with Crippen molar-refractivity contribution in [3.63, 3.8) is 0 Å². The Hall–Kier alpha value is -1.60. The molecular formula is C17H28N4O2S. The number of rotatable bonds is 8. The number of guanidine groups is 1. The van der Waals surface area contributed by atoms with Crippen LogP contribution < -0.4 is 10.6 Å². The Balaban J connectivity index is 1.63. The minimum atomic E-state index is 0.200. The first-order chi connectivity index (χ1) is 11.7. The maximum atomic E-state index is 12.3. The molecule has 6 nitrogen and oxygen atoms in total. The van der Waals surface area contributed by atoms with Crippen LogP contribution >= 0.6 is 11.3 Å². The zero-order valence-electron chi connectivity index (χ0n) is 14.6. The highest BCUT2D eigenvalue weighted by atomic mass is 32.1. The summed E-state index contributed by atoms with van der Waals surface area (Å²) in [5, 5.41) is 8.54. The minimum Gasteiger partial charge on any atom is -0.382 e. The SMILES string of the molecule is CCOCCCNC(=NC)NCCC(=O)N1CCc2sccc2C1. The van der Waals surface area contributed by atoms with Crippen molar-refractivity contribution in [1.82, 2.24) is 15.5 Å². The number of carbonyl (C=O) groups is 1. The Morgan fingerprint density at radius 1 is 1.42 bits per heavy atom. The summed E-state index contributed by atoms with van der Waals surface area (Å²) in [6, 6.07) is 2.13. The molecule has 1 aromatic rings. The third-order valence-corrected chi connectivity index (χ3v) is 5.00.